The number of carbonyl (C=O) groups excluding carboxylic acids is 2. The average Bonchev–Trinajstić information content (AvgIpc) is 2.51. The van der Waals surface area contributed by atoms with Crippen LogP contribution in [0.25, 0.3) is 0 Å². The van der Waals surface area contributed by atoms with Crippen LogP contribution in [-0.4, -0.2) is 18.2 Å². The predicted molar refractivity (Wildman–Crippen MR) is 97.1 cm³/mol. The van der Waals surface area contributed by atoms with Crippen molar-refractivity contribution in [2.45, 2.75) is 20.3 Å². The fraction of sp³-hybridized carbons (Fsp3) is 0.222. The number of nitrogens with one attached hydrogen (secondary N) is 2. The number of anilines is 2. The highest BCUT2D eigenvalue weighted by Crippen LogP contribution is 2.20. The summed E-state index contributed by atoms with van der Waals surface area (Å²) >= 11 is 3.45. The summed E-state index contributed by atoms with van der Waals surface area (Å²) in [5.74, 6) is -0.0349. The number of aryl methyl sites for hydroxylation is 1. The van der Waals surface area contributed by atoms with Gasteiger partial charge in [0.2, 0.25) is 5.91 Å². The van der Waals surface area contributed by atoms with Gasteiger partial charge in [-0.1, -0.05) is 34.1 Å². The Kier molecular flexibility index (Phi) is 5.93. The van der Waals surface area contributed by atoms with Gasteiger partial charge in [-0.3, -0.25) is 9.59 Å². The Bertz CT molecular complexity index is 729. The number of ketones is 1. The first kappa shape index (κ1) is 17.2. The van der Waals surface area contributed by atoms with Crippen LogP contribution >= 0.6 is 15.9 Å². The van der Waals surface area contributed by atoms with E-state index in [0.717, 1.165) is 21.4 Å². The summed E-state index contributed by atoms with van der Waals surface area (Å²) < 4.78 is 0.967. The average molecular weight is 375 g/mol. The summed E-state index contributed by atoms with van der Waals surface area (Å²) in [4.78, 5) is 23.3. The van der Waals surface area contributed by atoms with Gasteiger partial charge < -0.3 is 10.6 Å². The summed E-state index contributed by atoms with van der Waals surface area (Å²) in [5.41, 5.74) is 3.38. The Balaban J connectivity index is 1.84. The molecular formula is C18H19BrN2O2. The zero-order valence-corrected chi connectivity index (χ0v) is 14.7. The van der Waals surface area contributed by atoms with Crippen LogP contribution in [0.5, 0.6) is 0 Å². The SMILES string of the molecule is CC(=O)c1cccc(NCCC(=O)Nc2ccc(C)c(Br)c2)c1. The van der Waals surface area contributed by atoms with Crippen molar-refractivity contribution < 1.29 is 9.59 Å². The lowest BCUT2D eigenvalue weighted by Crippen LogP contribution is -2.16. The Morgan fingerprint density at radius 3 is 2.57 bits per heavy atom. The largest absolute Gasteiger partial charge is 0.385 e. The lowest BCUT2D eigenvalue weighted by molar-refractivity contribution is -0.115. The molecule has 0 fully saturated rings. The second-order valence-electron chi connectivity index (χ2n) is 5.33. The van der Waals surface area contributed by atoms with Gasteiger partial charge in [0.1, 0.15) is 0 Å². The molecule has 0 atom stereocenters. The molecule has 0 aliphatic rings. The van der Waals surface area contributed by atoms with Gasteiger partial charge in [0.15, 0.2) is 5.78 Å². The van der Waals surface area contributed by atoms with Crippen LogP contribution in [-0.2, 0) is 4.79 Å². The van der Waals surface area contributed by atoms with Crippen LogP contribution in [0.15, 0.2) is 46.9 Å². The second-order valence-corrected chi connectivity index (χ2v) is 6.18. The molecule has 0 aliphatic heterocycles. The van der Waals surface area contributed by atoms with Crippen LogP contribution < -0.4 is 10.6 Å². The van der Waals surface area contributed by atoms with E-state index in [4.69, 9.17) is 0 Å². The summed E-state index contributed by atoms with van der Waals surface area (Å²) in [6.07, 6.45) is 0.343. The van der Waals surface area contributed by atoms with Gasteiger partial charge in [-0.25, -0.2) is 0 Å². The van der Waals surface area contributed by atoms with Gasteiger partial charge in [0.05, 0.1) is 0 Å². The maximum Gasteiger partial charge on any atom is 0.226 e. The molecule has 2 rings (SSSR count). The Morgan fingerprint density at radius 2 is 1.87 bits per heavy atom. The number of halogens is 1. The highest BCUT2D eigenvalue weighted by Gasteiger charge is 2.05. The normalized spacial score (nSPS) is 10.2. The molecule has 0 aromatic heterocycles. The molecule has 1 amide bonds. The van der Waals surface area contributed by atoms with Gasteiger partial charge in [-0.2, -0.15) is 0 Å². The maximum atomic E-state index is 12.0. The molecule has 0 saturated heterocycles. The molecule has 23 heavy (non-hydrogen) atoms. The van der Waals surface area contributed by atoms with E-state index in [-0.39, 0.29) is 11.7 Å². The van der Waals surface area contributed by atoms with E-state index in [1.54, 1.807) is 12.1 Å². The summed E-state index contributed by atoms with van der Waals surface area (Å²) in [7, 11) is 0. The molecule has 2 aromatic rings. The standard InChI is InChI=1S/C18H19BrN2O2/c1-12-6-7-16(11-17(12)19)21-18(23)8-9-20-15-5-3-4-14(10-15)13(2)22/h3-7,10-11,20H,8-9H2,1-2H3,(H,21,23). The van der Waals surface area contributed by atoms with E-state index in [1.165, 1.54) is 6.92 Å². The highest BCUT2D eigenvalue weighted by molar-refractivity contribution is 9.10. The van der Waals surface area contributed by atoms with E-state index in [9.17, 15) is 9.59 Å². The second kappa shape index (κ2) is 7.92. The van der Waals surface area contributed by atoms with Crippen molar-refractivity contribution in [3.05, 3.63) is 58.1 Å². The first-order valence-corrected chi connectivity index (χ1v) is 8.16. The third-order valence-electron chi connectivity index (χ3n) is 3.41. The number of hydrogen-bond donors (Lipinski definition) is 2. The highest BCUT2D eigenvalue weighted by atomic mass is 79.9. The van der Waals surface area contributed by atoms with E-state index in [2.05, 4.69) is 26.6 Å². The molecule has 120 valence electrons. The van der Waals surface area contributed by atoms with E-state index in [1.807, 2.05) is 37.3 Å². The molecule has 2 aromatic carbocycles. The molecule has 0 saturated carbocycles. The molecule has 0 unspecified atom stereocenters. The number of benzene rings is 2. The van der Waals surface area contributed by atoms with Crippen LogP contribution in [0.4, 0.5) is 11.4 Å². The Hall–Kier alpha value is -2.14. The molecule has 0 spiro atoms. The molecule has 4 nitrogen and oxygen atoms in total. The van der Waals surface area contributed by atoms with Crippen molar-refractivity contribution in [1.29, 1.82) is 0 Å². The molecule has 0 aliphatic carbocycles. The van der Waals surface area contributed by atoms with Gasteiger partial charge in [-0.05, 0) is 43.7 Å². The van der Waals surface area contributed by atoms with Crippen molar-refractivity contribution in [2.24, 2.45) is 0 Å². The van der Waals surface area contributed by atoms with Gasteiger partial charge in [0, 0.05) is 34.4 Å². The summed E-state index contributed by atoms with van der Waals surface area (Å²) in [6.45, 7) is 4.03. The fourth-order valence-electron chi connectivity index (χ4n) is 2.06. The number of hydrogen-bond acceptors (Lipinski definition) is 3. The molecule has 0 bridgehead atoms. The molecule has 5 heteroatoms. The number of amides is 1. The lowest BCUT2D eigenvalue weighted by Gasteiger charge is -2.09. The number of rotatable bonds is 6. The van der Waals surface area contributed by atoms with E-state index in [0.29, 0.717) is 18.5 Å². The zero-order chi connectivity index (χ0) is 16.8. The quantitative estimate of drug-likeness (QED) is 0.736. The van der Waals surface area contributed by atoms with Crippen molar-refractivity contribution in [2.75, 3.05) is 17.2 Å². The molecule has 2 N–H and O–H groups in total. The first-order chi connectivity index (χ1) is 11.0. The third kappa shape index (κ3) is 5.21. The first-order valence-electron chi connectivity index (χ1n) is 7.36. The van der Waals surface area contributed by atoms with Gasteiger partial charge in [-0.15, -0.1) is 0 Å². The monoisotopic (exact) mass is 374 g/mol. The lowest BCUT2D eigenvalue weighted by atomic mass is 10.1. The topological polar surface area (TPSA) is 58.2 Å². The van der Waals surface area contributed by atoms with E-state index < -0.39 is 0 Å². The zero-order valence-electron chi connectivity index (χ0n) is 13.2. The minimum atomic E-state index is -0.0593. The van der Waals surface area contributed by atoms with Crippen molar-refractivity contribution in [3.63, 3.8) is 0 Å². The molecule has 0 heterocycles. The Labute approximate surface area is 144 Å². The number of Topliss-reactive ketones (excluding diaryl/α,β-unsaturated/α-hetero) is 1. The van der Waals surface area contributed by atoms with Gasteiger partial charge in [0.25, 0.3) is 0 Å². The van der Waals surface area contributed by atoms with Crippen LogP contribution in [0, 0.1) is 6.92 Å². The Morgan fingerprint density at radius 1 is 1.09 bits per heavy atom. The number of carbonyl (C=O) groups is 2. The van der Waals surface area contributed by atoms with Crippen LogP contribution in [0.1, 0.15) is 29.3 Å². The van der Waals surface area contributed by atoms with Crippen LogP contribution in [0.3, 0.4) is 0 Å². The molecular weight excluding hydrogens is 356 g/mol. The molecule has 0 radical (unpaired) electrons. The minimum Gasteiger partial charge on any atom is -0.385 e. The summed E-state index contributed by atoms with van der Waals surface area (Å²) in [5, 5.41) is 6.02. The predicted octanol–water partition coefficient (Wildman–Crippen LogP) is 4.40. The van der Waals surface area contributed by atoms with Gasteiger partial charge >= 0.3 is 0 Å². The smallest absolute Gasteiger partial charge is 0.226 e. The van der Waals surface area contributed by atoms with Crippen LogP contribution in [0.2, 0.25) is 0 Å². The van der Waals surface area contributed by atoms with E-state index >= 15 is 0 Å². The summed E-state index contributed by atoms with van der Waals surface area (Å²) in [6, 6.07) is 13.0. The maximum absolute atomic E-state index is 12.0. The van der Waals surface area contributed by atoms with Crippen molar-refractivity contribution in [1.82, 2.24) is 0 Å². The third-order valence-corrected chi connectivity index (χ3v) is 4.26. The van der Waals surface area contributed by atoms with Crippen molar-refractivity contribution >= 4 is 39.0 Å². The minimum absolute atomic E-state index is 0.0244. The fourth-order valence-corrected chi connectivity index (χ4v) is 2.44. The van der Waals surface area contributed by atoms with Crippen molar-refractivity contribution in [3.8, 4) is 0 Å².